The number of nitrogen functional groups attached to an aromatic ring is 1. The maximum atomic E-state index is 5.52. The molecule has 0 aliphatic heterocycles. The Morgan fingerprint density at radius 2 is 2.38 bits per heavy atom. The van der Waals surface area contributed by atoms with Crippen molar-refractivity contribution in [2.24, 2.45) is 0 Å². The number of nitrogens with zero attached hydrogens (tertiary/aromatic N) is 3. The average Bonchev–Trinajstić information content (AvgIpc) is 2.74. The summed E-state index contributed by atoms with van der Waals surface area (Å²) < 4.78 is 9.60. The lowest BCUT2D eigenvalue weighted by Gasteiger charge is -2.04. The molecule has 2 rings (SSSR count). The van der Waals surface area contributed by atoms with E-state index in [4.69, 9.17) is 10.5 Å². The van der Waals surface area contributed by atoms with Crippen molar-refractivity contribution in [1.29, 1.82) is 0 Å². The normalized spacial score (nSPS) is 10.3. The van der Waals surface area contributed by atoms with Crippen LogP contribution in [0.2, 0.25) is 0 Å². The molecular weight excluding hydrogens is 224 g/mol. The van der Waals surface area contributed by atoms with E-state index >= 15 is 0 Å². The van der Waals surface area contributed by atoms with Gasteiger partial charge >= 0.3 is 0 Å². The fourth-order valence-corrected chi connectivity index (χ4v) is 1.62. The highest BCUT2D eigenvalue weighted by Crippen LogP contribution is 2.21. The highest BCUT2D eigenvalue weighted by molar-refractivity contribution is 7.09. The van der Waals surface area contributed by atoms with Gasteiger partial charge in [0, 0.05) is 23.8 Å². The minimum absolute atomic E-state index is 0.441. The molecule has 0 atom stereocenters. The molecule has 0 saturated heterocycles. The van der Waals surface area contributed by atoms with Gasteiger partial charge in [0.25, 0.3) is 0 Å². The van der Waals surface area contributed by atoms with E-state index in [1.165, 1.54) is 0 Å². The van der Waals surface area contributed by atoms with Crippen LogP contribution in [0.25, 0.3) is 11.5 Å². The van der Waals surface area contributed by atoms with E-state index in [0.717, 1.165) is 23.7 Å². The smallest absolute Gasteiger partial charge is 0.200 e. The largest absolute Gasteiger partial charge is 0.493 e. The van der Waals surface area contributed by atoms with Crippen LogP contribution < -0.4 is 10.5 Å². The van der Waals surface area contributed by atoms with Crippen LogP contribution in [0.4, 0.5) is 5.13 Å². The number of rotatable bonds is 4. The van der Waals surface area contributed by atoms with E-state index in [2.05, 4.69) is 21.3 Å². The van der Waals surface area contributed by atoms with Crippen LogP contribution in [0.3, 0.4) is 0 Å². The Hall–Kier alpha value is -1.69. The van der Waals surface area contributed by atoms with Crippen LogP contribution >= 0.6 is 11.5 Å². The molecule has 0 amide bonds. The Bertz CT molecular complexity index is 471. The van der Waals surface area contributed by atoms with Crippen LogP contribution in [0.1, 0.15) is 13.3 Å². The van der Waals surface area contributed by atoms with E-state index < -0.39 is 0 Å². The second-order valence-electron chi connectivity index (χ2n) is 3.18. The van der Waals surface area contributed by atoms with E-state index in [1.807, 2.05) is 12.1 Å². The minimum atomic E-state index is 0.441. The van der Waals surface area contributed by atoms with Crippen LogP contribution in [0.15, 0.2) is 18.3 Å². The molecule has 0 fully saturated rings. The van der Waals surface area contributed by atoms with Gasteiger partial charge in [-0.1, -0.05) is 6.92 Å². The number of hydrogen-bond donors (Lipinski definition) is 1. The number of hydrogen-bond acceptors (Lipinski definition) is 6. The Labute approximate surface area is 97.5 Å². The highest BCUT2D eigenvalue weighted by Gasteiger charge is 2.06. The zero-order valence-corrected chi connectivity index (χ0v) is 9.70. The van der Waals surface area contributed by atoms with Crippen LogP contribution in [0.5, 0.6) is 5.75 Å². The van der Waals surface area contributed by atoms with E-state index in [1.54, 1.807) is 6.20 Å². The highest BCUT2D eigenvalue weighted by atomic mass is 32.1. The summed E-state index contributed by atoms with van der Waals surface area (Å²) in [5.41, 5.74) is 6.20. The Morgan fingerprint density at radius 3 is 3.06 bits per heavy atom. The molecule has 5 nitrogen and oxygen atoms in total. The molecule has 84 valence electrons. The third-order valence-electron chi connectivity index (χ3n) is 1.88. The molecule has 0 spiro atoms. The van der Waals surface area contributed by atoms with Crippen LogP contribution in [-0.2, 0) is 0 Å². The number of nitrogens with two attached hydrogens (primary N) is 1. The fraction of sp³-hybridized carbons (Fsp3) is 0.300. The summed E-state index contributed by atoms with van der Waals surface area (Å²) in [5.74, 6) is 1.32. The Balaban J connectivity index is 2.22. The van der Waals surface area contributed by atoms with Gasteiger partial charge in [-0.25, -0.2) is 0 Å². The predicted molar refractivity (Wildman–Crippen MR) is 63.3 cm³/mol. The summed E-state index contributed by atoms with van der Waals surface area (Å²) in [6.45, 7) is 2.75. The number of anilines is 1. The molecule has 0 bridgehead atoms. The van der Waals surface area contributed by atoms with Crippen molar-refractivity contribution in [2.75, 3.05) is 12.3 Å². The minimum Gasteiger partial charge on any atom is -0.493 e. The van der Waals surface area contributed by atoms with Gasteiger partial charge in [0.15, 0.2) is 11.0 Å². The van der Waals surface area contributed by atoms with Crippen molar-refractivity contribution < 1.29 is 4.74 Å². The van der Waals surface area contributed by atoms with Gasteiger partial charge in [0.1, 0.15) is 11.4 Å². The van der Waals surface area contributed by atoms with Gasteiger partial charge in [-0.3, -0.25) is 4.98 Å². The van der Waals surface area contributed by atoms with Crippen molar-refractivity contribution in [3.05, 3.63) is 18.3 Å². The standard InChI is InChI=1S/C10H12N4OS/c1-2-5-15-7-3-4-12-8(6-7)9-13-10(11)16-14-9/h3-4,6H,2,5H2,1H3,(H2,11,13,14). The van der Waals surface area contributed by atoms with Gasteiger partial charge in [-0.2, -0.15) is 9.36 Å². The topological polar surface area (TPSA) is 73.9 Å². The summed E-state index contributed by atoms with van der Waals surface area (Å²) in [5, 5.41) is 0.441. The average molecular weight is 236 g/mol. The first-order valence-corrected chi connectivity index (χ1v) is 5.75. The summed E-state index contributed by atoms with van der Waals surface area (Å²) >= 11 is 1.16. The van der Waals surface area contributed by atoms with Crippen molar-refractivity contribution in [2.45, 2.75) is 13.3 Å². The lowest BCUT2D eigenvalue weighted by molar-refractivity contribution is 0.317. The molecule has 16 heavy (non-hydrogen) atoms. The third kappa shape index (κ3) is 2.46. The fourth-order valence-electron chi connectivity index (χ4n) is 1.18. The van der Waals surface area contributed by atoms with Crippen molar-refractivity contribution in [1.82, 2.24) is 14.3 Å². The van der Waals surface area contributed by atoms with Gasteiger partial charge in [0.05, 0.1) is 6.61 Å². The molecule has 2 aromatic rings. The van der Waals surface area contributed by atoms with Crippen molar-refractivity contribution in [3.63, 3.8) is 0 Å². The molecule has 2 N–H and O–H groups in total. The predicted octanol–water partition coefficient (Wildman–Crippen LogP) is 1.97. The van der Waals surface area contributed by atoms with Gasteiger partial charge < -0.3 is 10.5 Å². The maximum absolute atomic E-state index is 5.52. The zero-order chi connectivity index (χ0) is 11.4. The Morgan fingerprint density at radius 1 is 1.50 bits per heavy atom. The van der Waals surface area contributed by atoms with E-state index in [-0.39, 0.29) is 0 Å². The Kier molecular flexibility index (Phi) is 3.31. The summed E-state index contributed by atoms with van der Waals surface area (Å²) in [6, 6.07) is 3.63. The number of aromatic nitrogens is 3. The van der Waals surface area contributed by atoms with E-state index in [0.29, 0.717) is 23.3 Å². The van der Waals surface area contributed by atoms with Crippen LogP contribution in [0, 0.1) is 0 Å². The first kappa shape index (κ1) is 10.8. The second kappa shape index (κ2) is 4.89. The molecule has 0 aliphatic rings. The number of pyridine rings is 1. The molecule has 0 unspecified atom stereocenters. The number of ether oxygens (including phenoxy) is 1. The van der Waals surface area contributed by atoms with Crippen molar-refractivity contribution in [3.8, 4) is 17.3 Å². The molecule has 2 heterocycles. The van der Waals surface area contributed by atoms with Crippen molar-refractivity contribution >= 4 is 16.7 Å². The molecule has 0 aromatic carbocycles. The first-order chi connectivity index (χ1) is 7.79. The zero-order valence-electron chi connectivity index (χ0n) is 8.88. The third-order valence-corrected chi connectivity index (χ3v) is 2.42. The van der Waals surface area contributed by atoms with E-state index in [9.17, 15) is 0 Å². The second-order valence-corrected chi connectivity index (χ2v) is 3.96. The summed E-state index contributed by atoms with van der Waals surface area (Å²) in [7, 11) is 0. The molecule has 6 heteroatoms. The van der Waals surface area contributed by atoms with Gasteiger partial charge in [-0.15, -0.1) is 0 Å². The lowest BCUT2D eigenvalue weighted by atomic mass is 10.3. The molecule has 0 saturated carbocycles. The summed E-state index contributed by atoms with van der Waals surface area (Å²) in [4.78, 5) is 8.25. The van der Waals surface area contributed by atoms with Crippen LogP contribution in [-0.4, -0.2) is 20.9 Å². The monoisotopic (exact) mass is 236 g/mol. The van der Waals surface area contributed by atoms with Gasteiger partial charge in [-0.05, 0) is 12.5 Å². The first-order valence-electron chi connectivity index (χ1n) is 4.98. The maximum Gasteiger partial charge on any atom is 0.200 e. The molecule has 0 radical (unpaired) electrons. The molecular formula is C10H12N4OS. The molecule has 0 aliphatic carbocycles. The quantitative estimate of drug-likeness (QED) is 0.878. The SMILES string of the molecule is CCCOc1ccnc(-c2nsc(N)n2)c1. The summed E-state index contributed by atoms with van der Waals surface area (Å²) in [6.07, 6.45) is 2.65. The lowest BCUT2D eigenvalue weighted by Crippen LogP contribution is -1.96. The van der Waals surface area contributed by atoms with Gasteiger partial charge in [0.2, 0.25) is 0 Å². The molecule has 2 aromatic heterocycles.